The predicted molar refractivity (Wildman–Crippen MR) is 68.4 cm³/mol. The molecule has 1 aliphatic carbocycles. The standard InChI is InChI=1S/C12H23N3O3/c1-3-18-9-8-15(2)11(16)12(10(13)14-17)6-4-5-7-12/h17H,3-9H2,1-2H3,(H2,13,14). The molecule has 1 amide bonds. The van der Waals surface area contributed by atoms with Crippen molar-refractivity contribution in [1.82, 2.24) is 4.90 Å². The van der Waals surface area contributed by atoms with Crippen LogP contribution in [0.15, 0.2) is 5.16 Å². The predicted octanol–water partition coefficient (Wildman–Crippen LogP) is 0.788. The van der Waals surface area contributed by atoms with E-state index in [0.717, 1.165) is 12.8 Å². The van der Waals surface area contributed by atoms with Gasteiger partial charge in [0.2, 0.25) is 5.91 Å². The van der Waals surface area contributed by atoms with Crippen molar-refractivity contribution in [2.75, 3.05) is 26.8 Å². The highest BCUT2D eigenvalue weighted by atomic mass is 16.5. The Morgan fingerprint density at radius 1 is 1.50 bits per heavy atom. The fraction of sp³-hybridized carbons (Fsp3) is 0.833. The van der Waals surface area contributed by atoms with Gasteiger partial charge in [-0.3, -0.25) is 4.79 Å². The largest absolute Gasteiger partial charge is 0.409 e. The van der Waals surface area contributed by atoms with Gasteiger partial charge in [0.05, 0.1) is 6.61 Å². The number of likely N-dealkylation sites (N-methyl/N-ethyl adjacent to an activating group) is 1. The van der Waals surface area contributed by atoms with Crippen LogP contribution in [0, 0.1) is 5.41 Å². The van der Waals surface area contributed by atoms with Crippen LogP contribution in [0.3, 0.4) is 0 Å². The summed E-state index contributed by atoms with van der Waals surface area (Å²) in [5.74, 6) is -0.0386. The van der Waals surface area contributed by atoms with Gasteiger partial charge in [-0.1, -0.05) is 18.0 Å². The molecule has 1 aliphatic rings. The molecule has 0 saturated heterocycles. The van der Waals surface area contributed by atoms with E-state index in [2.05, 4.69) is 5.16 Å². The molecule has 0 radical (unpaired) electrons. The highest BCUT2D eigenvalue weighted by Crippen LogP contribution is 2.39. The fourth-order valence-electron chi connectivity index (χ4n) is 2.47. The van der Waals surface area contributed by atoms with E-state index in [1.165, 1.54) is 0 Å². The average molecular weight is 257 g/mol. The first-order valence-electron chi connectivity index (χ1n) is 6.40. The molecule has 0 spiro atoms. The van der Waals surface area contributed by atoms with Crippen molar-refractivity contribution >= 4 is 11.7 Å². The summed E-state index contributed by atoms with van der Waals surface area (Å²) in [6.45, 7) is 3.57. The number of rotatable bonds is 6. The minimum absolute atomic E-state index is 0.0354. The smallest absolute Gasteiger partial charge is 0.236 e. The van der Waals surface area contributed by atoms with Gasteiger partial charge in [-0.25, -0.2) is 0 Å². The summed E-state index contributed by atoms with van der Waals surface area (Å²) in [4.78, 5) is 14.1. The van der Waals surface area contributed by atoms with Crippen LogP contribution < -0.4 is 5.73 Å². The van der Waals surface area contributed by atoms with Crippen molar-refractivity contribution in [1.29, 1.82) is 0 Å². The molecule has 0 aromatic carbocycles. The highest BCUT2D eigenvalue weighted by Gasteiger charge is 2.46. The number of nitrogens with zero attached hydrogens (tertiary/aromatic N) is 2. The SMILES string of the molecule is CCOCCN(C)C(=O)C1(C(N)=NO)CCCC1. The Morgan fingerprint density at radius 3 is 2.61 bits per heavy atom. The Hall–Kier alpha value is -1.30. The van der Waals surface area contributed by atoms with Gasteiger partial charge in [0.25, 0.3) is 0 Å². The number of amidine groups is 1. The third kappa shape index (κ3) is 2.93. The van der Waals surface area contributed by atoms with E-state index in [1.54, 1.807) is 11.9 Å². The summed E-state index contributed by atoms with van der Waals surface area (Å²) in [5.41, 5.74) is 4.92. The zero-order chi connectivity index (χ0) is 13.6. The second kappa shape index (κ2) is 6.58. The number of carbonyl (C=O) groups excluding carboxylic acids is 1. The molecule has 1 saturated carbocycles. The van der Waals surface area contributed by atoms with Crippen molar-refractivity contribution < 1.29 is 14.7 Å². The first-order chi connectivity index (χ1) is 8.58. The quantitative estimate of drug-likeness (QED) is 0.242. The summed E-state index contributed by atoms with van der Waals surface area (Å²) in [6.07, 6.45) is 3.17. The van der Waals surface area contributed by atoms with E-state index in [4.69, 9.17) is 15.7 Å². The third-order valence-corrected chi connectivity index (χ3v) is 3.59. The molecular formula is C12H23N3O3. The summed E-state index contributed by atoms with van der Waals surface area (Å²) in [7, 11) is 1.73. The van der Waals surface area contributed by atoms with Crippen molar-refractivity contribution in [2.45, 2.75) is 32.6 Å². The molecule has 1 rings (SSSR count). The molecule has 3 N–H and O–H groups in total. The molecule has 0 aromatic heterocycles. The minimum Gasteiger partial charge on any atom is -0.409 e. The van der Waals surface area contributed by atoms with Crippen LogP contribution in [0.2, 0.25) is 0 Å². The van der Waals surface area contributed by atoms with Crippen LogP contribution in [-0.4, -0.2) is 48.7 Å². The number of amides is 1. The van der Waals surface area contributed by atoms with E-state index in [1.807, 2.05) is 6.92 Å². The number of oxime groups is 1. The lowest BCUT2D eigenvalue weighted by Gasteiger charge is -2.31. The van der Waals surface area contributed by atoms with Gasteiger partial charge < -0.3 is 20.6 Å². The first-order valence-corrected chi connectivity index (χ1v) is 6.40. The second-order valence-electron chi connectivity index (χ2n) is 4.70. The second-order valence-corrected chi connectivity index (χ2v) is 4.70. The van der Waals surface area contributed by atoms with E-state index in [0.29, 0.717) is 32.6 Å². The molecule has 6 nitrogen and oxygen atoms in total. The Bertz CT molecular complexity index is 312. The van der Waals surface area contributed by atoms with Crippen molar-refractivity contribution in [2.24, 2.45) is 16.3 Å². The van der Waals surface area contributed by atoms with Crippen LogP contribution in [0.1, 0.15) is 32.6 Å². The number of carbonyl (C=O) groups is 1. The first kappa shape index (κ1) is 14.8. The Labute approximate surface area is 108 Å². The number of nitrogens with two attached hydrogens (primary N) is 1. The average Bonchev–Trinajstić information content (AvgIpc) is 2.87. The van der Waals surface area contributed by atoms with Gasteiger partial charge in [0.1, 0.15) is 5.41 Å². The summed E-state index contributed by atoms with van der Waals surface area (Å²) >= 11 is 0. The van der Waals surface area contributed by atoms with Crippen LogP contribution in [0.4, 0.5) is 0 Å². The fourth-order valence-corrected chi connectivity index (χ4v) is 2.47. The number of hydrogen-bond acceptors (Lipinski definition) is 4. The molecule has 0 atom stereocenters. The molecule has 0 heterocycles. The number of hydrogen-bond donors (Lipinski definition) is 2. The van der Waals surface area contributed by atoms with Crippen molar-refractivity contribution in [3.05, 3.63) is 0 Å². The maximum atomic E-state index is 12.5. The Kier molecular flexibility index (Phi) is 5.40. The summed E-state index contributed by atoms with van der Waals surface area (Å²) in [5, 5.41) is 11.9. The van der Waals surface area contributed by atoms with Crippen LogP contribution in [0.5, 0.6) is 0 Å². The van der Waals surface area contributed by atoms with Crippen molar-refractivity contribution in [3.63, 3.8) is 0 Å². The molecule has 104 valence electrons. The Balaban J connectivity index is 2.71. The van der Waals surface area contributed by atoms with Crippen LogP contribution in [-0.2, 0) is 9.53 Å². The van der Waals surface area contributed by atoms with Gasteiger partial charge in [0.15, 0.2) is 5.84 Å². The molecule has 0 aliphatic heterocycles. The molecule has 0 bridgehead atoms. The number of ether oxygens (including phenoxy) is 1. The molecular weight excluding hydrogens is 234 g/mol. The normalized spacial score (nSPS) is 18.9. The van der Waals surface area contributed by atoms with Crippen molar-refractivity contribution in [3.8, 4) is 0 Å². The zero-order valence-corrected chi connectivity index (χ0v) is 11.2. The van der Waals surface area contributed by atoms with Gasteiger partial charge >= 0.3 is 0 Å². The monoisotopic (exact) mass is 257 g/mol. The third-order valence-electron chi connectivity index (χ3n) is 3.59. The maximum absolute atomic E-state index is 12.5. The van der Waals surface area contributed by atoms with Crippen LogP contribution >= 0.6 is 0 Å². The van der Waals surface area contributed by atoms with Crippen LogP contribution in [0.25, 0.3) is 0 Å². The minimum atomic E-state index is -0.810. The molecule has 6 heteroatoms. The van der Waals surface area contributed by atoms with Gasteiger partial charge in [-0.2, -0.15) is 0 Å². The molecule has 18 heavy (non-hydrogen) atoms. The van der Waals surface area contributed by atoms with E-state index >= 15 is 0 Å². The maximum Gasteiger partial charge on any atom is 0.236 e. The lowest BCUT2D eigenvalue weighted by atomic mass is 9.83. The van der Waals surface area contributed by atoms with E-state index in [-0.39, 0.29) is 11.7 Å². The van der Waals surface area contributed by atoms with E-state index < -0.39 is 5.41 Å². The highest BCUT2D eigenvalue weighted by molar-refractivity contribution is 6.06. The summed E-state index contributed by atoms with van der Waals surface area (Å²) < 4.78 is 5.23. The Morgan fingerprint density at radius 2 is 2.11 bits per heavy atom. The summed E-state index contributed by atoms with van der Waals surface area (Å²) in [6, 6.07) is 0. The molecule has 1 fully saturated rings. The van der Waals surface area contributed by atoms with Gasteiger partial charge in [-0.15, -0.1) is 0 Å². The zero-order valence-electron chi connectivity index (χ0n) is 11.2. The lowest BCUT2D eigenvalue weighted by Crippen LogP contribution is -2.49. The van der Waals surface area contributed by atoms with E-state index in [9.17, 15) is 4.79 Å². The topological polar surface area (TPSA) is 88.2 Å². The van der Waals surface area contributed by atoms with Gasteiger partial charge in [-0.05, 0) is 19.8 Å². The molecule has 0 aromatic rings. The lowest BCUT2D eigenvalue weighted by molar-refractivity contribution is -0.137. The molecule has 0 unspecified atom stereocenters. The van der Waals surface area contributed by atoms with Gasteiger partial charge in [0, 0.05) is 20.2 Å².